The van der Waals surface area contributed by atoms with E-state index >= 15 is 0 Å². The van der Waals surface area contributed by atoms with Gasteiger partial charge in [0, 0.05) is 90.7 Å². The molecule has 0 atom stereocenters. The van der Waals surface area contributed by atoms with E-state index in [2.05, 4.69) is 350 Å². The normalized spacial score (nSPS) is 11.4. The predicted octanol–water partition coefficient (Wildman–Crippen LogP) is 30.7. The van der Waals surface area contributed by atoms with Gasteiger partial charge in [0.05, 0.1) is 89.5 Å². The molecule has 0 aliphatic carbocycles. The highest BCUT2D eigenvalue weighted by molar-refractivity contribution is 5.96. The molecule has 15 aromatic carbocycles. The van der Waals surface area contributed by atoms with Crippen LogP contribution in [0.5, 0.6) is 0 Å². The lowest BCUT2D eigenvalue weighted by molar-refractivity contribution is 0.995. The van der Waals surface area contributed by atoms with Crippen molar-refractivity contribution >= 4 is 98.1 Å². The monoisotopic (exact) mass is 1900 g/mol. The minimum absolute atomic E-state index is 0.580. The fourth-order valence-electron chi connectivity index (χ4n) is 19.3. The molecule has 0 unspecified atom stereocenters. The van der Waals surface area contributed by atoms with Gasteiger partial charge in [-0.3, -0.25) is 9.97 Å². The van der Waals surface area contributed by atoms with E-state index in [1.807, 2.05) is 188 Å². The van der Waals surface area contributed by atoms with E-state index < -0.39 is 0 Å². The number of para-hydroxylation sites is 5. The number of rotatable bonds is 14. The molecule has 0 amide bonds. The summed E-state index contributed by atoms with van der Waals surface area (Å²) >= 11 is 0. The van der Waals surface area contributed by atoms with Crippen LogP contribution in [-0.2, 0) is 0 Å². The average Bonchev–Trinajstić information content (AvgIpc) is 1.64. The van der Waals surface area contributed by atoms with E-state index in [1.54, 1.807) is 0 Å². The lowest BCUT2D eigenvalue weighted by atomic mass is 10.0. The van der Waals surface area contributed by atoms with Gasteiger partial charge in [-0.05, 0) is 188 Å². The van der Waals surface area contributed by atoms with Gasteiger partial charge in [-0.2, -0.15) is 20.4 Å². The first-order valence-electron chi connectivity index (χ1n) is 49.0. The van der Waals surface area contributed by atoms with Gasteiger partial charge >= 0.3 is 0 Å². The van der Waals surface area contributed by atoms with Gasteiger partial charge in [-0.25, -0.2) is 57.9 Å². The summed E-state index contributed by atoms with van der Waals surface area (Å²) in [5.74, 6) is 2.58. The Morgan fingerprint density at radius 2 is 0.419 bits per heavy atom. The number of fused-ring (bicyclic) bond motifs is 15. The average molecular weight is 1900 g/mol. The Morgan fingerprint density at radius 3 is 0.865 bits per heavy atom. The Kier molecular flexibility index (Phi) is 22.8. The zero-order valence-electron chi connectivity index (χ0n) is 79.5. The second kappa shape index (κ2) is 38.5. The molecular weight excluding hydrogens is 1810 g/mol. The van der Waals surface area contributed by atoms with Crippen LogP contribution in [-0.4, -0.2) is 88.3 Å². The van der Waals surface area contributed by atoms with Gasteiger partial charge in [0.15, 0.2) is 23.3 Å². The molecule has 29 aromatic rings. The zero-order chi connectivity index (χ0) is 98.2. The van der Waals surface area contributed by atoms with Crippen molar-refractivity contribution in [2.75, 3.05) is 0 Å². The minimum Gasteiger partial charge on any atom is -0.265 e. The molecule has 0 fully saturated rings. The fourth-order valence-corrected chi connectivity index (χ4v) is 19.3. The summed E-state index contributed by atoms with van der Waals surface area (Å²) in [7, 11) is 0. The number of pyridine rings is 6. The molecule has 0 spiro atoms. The topological polar surface area (TPSA) is 198 Å². The second-order valence-corrected chi connectivity index (χ2v) is 36.3. The van der Waals surface area contributed by atoms with Crippen molar-refractivity contribution < 1.29 is 0 Å². The van der Waals surface area contributed by atoms with Crippen molar-refractivity contribution in [2.24, 2.45) is 0 Å². The highest BCUT2D eigenvalue weighted by atomic mass is 15.3. The maximum atomic E-state index is 5.07. The molecule has 148 heavy (non-hydrogen) atoms. The molecule has 0 bridgehead atoms. The molecule has 0 radical (unpaired) electrons. The van der Waals surface area contributed by atoms with Crippen molar-refractivity contribution in [3.05, 3.63) is 510 Å². The molecule has 0 saturated carbocycles. The first-order valence-corrected chi connectivity index (χ1v) is 49.0. The van der Waals surface area contributed by atoms with Crippen molar-refractivity contribution in [3.63, 3.8) is 0 Å². The van der Waals surface area contributed by atoms with Crippen LogP contribution in [0.2, 0.25) is 0 Å². The second-order valence-electron chi connectivity index (χ2n) is 36.3. The Morgan fingerprint density at radius 1 is 0.142 bits per heavy atom. The molecule has 18 heteroatoms. The molecule has 0 N–H and O–H groups in total. The van der Waals surface area contributed by atoms with Crippen LogP contribution < -0.4 is 0 Å². The van der Waals surface area contributed by atoms with Crippen LogP contribution in [0, 0.1) is 0 Å². The number of hydrogen-bond donors (Lipinski definition) is 0. The van der Waals surface area contributed by atoms with Crippen LogP contribution in [0.1, 0.15) is 0 Å². The summed E-state index contributed by atoms with van der Waals surface area (Å²) in [5, 5.41) is 30.1. The van der Waals surface area contributed by atoms with Crippen LogP contribution in [0.15, 0.2) is 510 Å². The van der Waals surface area contributed by atoms with Crippen LogP contribution in [0.25, 0.3) is 256 Å². The summed E-state index contributed by atoms with van der Waals surface area (Å²) in [6.45, 7) is 0. The molecule has 14 heterocycles. The van der Waals surface area contributed by atoms with E-state index in [0.717, 1.165) is 206 Å². The summed E-state index contributed by atoms with van der Waals surface area (Å²) in [5.41, 5.74) is 32.3. The third-order valence-electron chi connectivity index (χ3n) is 26.9. The maximum absolute atomic E-state index is 5.07. The third-order valence-corrected chi connectivity index (χ3v) is 26.9. The van der Waals surface area contributed by atoms with Gasteiger partial charge < -0.3 is 0 Å². The molecule has 694 valence electrons. The SMILES string of the molecule is c1ccc(-c2cc(-c3cc4ccc5ccccc5n4n3)nc(-c3ccccc3)n2)cc1.c1ccc(-c2ccc(-c3nc(-c4cc5ccc6ccccc6n5n4)nc4ccccc34)cc2)cc1.c1ccc2c(c1)ccc1cc(-c3nc(-c4ccc(-c5ccncc5)cc4)cc(-c4ccc(-c5ccncc5)cc4)n3)nn12.c1ccc2cc(-c3cc(-c4cc5ccc6ccccc6n5n4)nc(-c4ccc5ccccc5c4)n3)ccc2c1. The van der Waals surface area contributed by atoms with E-state index in [4.69, 9.17) is 60.3 Å². The standard InChI is InChI=1S/C37H24N6.C35H22N4.C31H20N4.C27H18N4/c1-2-4-36-31(3-1)13-14-32-23-35(42-43(32)36)37-40-33(29-9-5-25(6-10-29)27-15-19-38-20-16-27)24-34(41-37)30-11-7-26(8-12-30)28-17-21-39-22-18-28;1-3-10-26-19-28(15-13-23(26)7-1)31-22-32(33-21-30-18-17-25-9-5-6-12-34(25)39(30)38-33)37-35(36-31)29-16-14-24-8-2-4-11-27(24)20-29;1-2-8-21(9-3-1)22-14-16-24(17-15-22)30-26-11-5-6-12-27(26)32-31(33-30)28-20-25-19-18-23-10-4-7-13-29(23)35(25)34-28;1-3-9-19(10-4-1)23-18-24(29-27(28-23)21-12-5-2-6-13-21)25-17-22-16-15-20-11-7-8-14-26(20)31(22)30-25/h1-24H;1-22H;1-20H;1-18H. The van der Waals surface area contributed by atoms with E-state index in [0.29, 0.717) is 23.3 Å². The van der Waals surface area contributed by atoms with Gasteiger partial charge in [-0.1, -0.05) is 352 Å². The summed E-state index contributed by atoms with van der Waals surface area (Å²) in [4.78, 5) is 48.1. The number of hydrogen-bond acceptors (Lipinski definition) is 14. The number of benzene rings is 15. The van der Waals surface area contributed by atoms with Crippen molar-refractivity contribution in [3.8, 4) is 158 Å². The lowest BCUT2D eigenvalue weighted by Gasteiger charge is -2.10. The third kappa shape index (κ3) is 17.6. The van der Waals surface area contributed by atoms with E-state index in [9.17, 15) is 0 Å². The van der Waals surface area contributed by atoms with Crippen LogP contribution in [0.3, 0.4) is 0 Å². The summed E-state index contributed by atoms with van der Waals surface area (Å²) < 4.78 is 7.92. The van der Waals surface area contributed by atoms with Gasteiger partial charge in [0.1, 0.15) is 22.8 Å². The molecule has 0 saturated heterocycles. The highest BCUT2D eigenvalue weighted by Gasteiger charge is 2.23. The van der Waals surface area contributed by atoms with Gasteiger partial charge in [-0.15, -0.1) is 0 Å². The number of nitrogens with zero attached hydrogens (tertiary/aromatic N) is 18. The Bertz CT molecular complexity index is 9790. The van der Waals surface area contributed by atoms with Crippen molar-refractivity contribution in [2.45, 2.75) is 0 Å². The van der Waals surface area contributed by atoms with Crippen LogP contribution in [0.4, 0.5) is 0 Å². The lowest BCUT2D eigenvalue weighted by Crippen LogP contribution is -1.97. The molecular formula is C130H84N18. The first kappa shape index (κ1) is 87.7. The largest absolute Gasteiger partial charge is 0.265 e. The zero-order valence-corrected chi connectivity index (χ0v) is 79.5. The molecule has 0 aliphatic rings. The first-order chi connectivity index (χ1) is 73.2. The quantitative estimate of drug-likeness (QED) is 0.0996. The molecule has 29 rings (SSSR count). The Balaban J connectivity index is 0.000000101. The molecule has 14 aromatic heterocycles. The highest BCUT2D eigenvalue weighted by Crippen LogP contribution is 2.39. The molecule has 18 nitrogen and oxygen atoms in total. The minimum atomic E-state index is 0.580. The van der Waals surface area contributed by atoms with Gasteiger partial charge in [0.2, 0.25) is 0 Å². The number of aromatic nitrogens is 18. The maximum Gasteiger partial charge on any atom is 0.181 e. The fraction of sp³-hybridized carbons (Fsp3) is 0. The van der Waals surface area contributed by atoms with E-state index in [1.165, 1.54) is 27.3 Å². The molecule has 0 aliphatic heterocycles. The predicted molar refractivity (Wildman–Crippen MR) is 597 cm³/mol. The smallest absolute Gasteiger partial charge is 0.181 e. The van der Waals surface area contributed by atoms with Crippen LogP contribution >= 0.6 is 0 Å². The Labute approximate surface area is 849 Å². The summed E-state index contributed by atoms with van der Waals surface area (Å²) in [6.07, 6.45) is 7.24. The van der Waals surface area contributed by atoms with Crippen molar-refractivity contribution in [1.82, 2.24) is 88.3 Å². The van der Waals surface area contributed by atoms with Gasteiger partial charge in [0.25, 0.3) is 0 Å². The Hall–Kier alpha value is -20.5. The summed E-state index contributed by atoms with van der Waals surface area (Å²) in [6, 6.07) is 166. The van der Waals surface area contributed by atoms with E-state index in [-0.39, 0.29) is 0 Å². The van der Waals surface area contributed by atoms with Crippen molar-refractivity contribution in [1.29, 1.82) is 0 Å².